The zero-order chi connectivity index (χ0) is 15.1. The summed E-state index contributed by atoms with van der Waals surface area (Å²) in [7, 11) is 0. The number of urea groups is 1. The van der Waals surface area contributed by atoms with Crippen LogP contribution >= 0.6 is 23.4 Å². The number of piperidine rings is 1. The van der Waals surface area contributed by atoms with Crippen LogP contribution in [0.25, 0.3) is 0 Å². The Morgan fingerprint density at radius 1 is 1.33 bits per heavy atom. The van der Waals surface area contributed by atoms with E-state index in [1.54, 1.807) is 11.8 Å². The van der Waals surface area contributed by atoms with Gasteiger partial charge in [0.15, 0.2) is 0 Å². The first-order valence-electron chi connectivity index (χ1n) is 7.21. The number of carbonyl (C=O) groups excluding carboxylic acids is 1. The smallest absolute Gasteiger partial charge is 0.317 e. The fraction of sp³-hybridized carbons (Fsp3) is 0.533. The zero-order valence-electron chi connectivity index (χ0n) is 11.9. The van der Waals surface area contributed by atoms with Gasteiger partial charge in [-0.3, -0.25) is 0 Å². The van der Waals surface area contributed by atoms with E-state index in [0.29, 0.717) is 12.5 Å². The molecule has 1 aliphatic rings. The Bertz CT molecular complexity index is 447. The second-order valence-corrected chi connectivity index (χ2v) is 6.75. The molecule has 6 heteroatoms. The van der Waals surface area contributed by atoms with Gasteiger partial charge in [0, 0.05) is 41.9 Å². The quantitative estimate of drug-likeness (QED) is 0.645. The average Bonchev–Trinajstić information content (AvgIpc) is 2.53. The molecule has 1 aromatic carbocycles. The van der Waals surface area contributed by atoms with E-state index < -0.39 is 0 Å². The Hall–Kier alpha value is -0.910. The van der Waals surface area contributed by atoms with Crippen LogP contribution < -0.4 is 5.32 Å². The maximum Gasteiger partial charge on any atom is 0.317 e. The molecule has 1 aromatic rings. The number of rotatable bonds is 5. The van der Waals surface area contributed by atoms with Crippen molar-refractivity contribution < 1.29 is 9.90 Å². The lowest BCUT2D eigenvalue weighted by atomic mass is 9.98. The standard InChI is InChI=1S/C15H21ClN2O2S/c16-13-1-3-14(4-2-13)21-10-7-17-15(20)18-8-5-12(11-19)6-9-18/h1-4,12,19H,5-11H2,(H,17,20). The third-order valence-electron chi connectivity index (χ3n) is 3.62. The summed E-state index contributed by atoms with van der Waals surface area (Å²) in [6, 6.07) is 7.70. The lowest BCUT2D eigenvalue weighted by Crippen LogP contribution is -2.45. The molecule has 2 rings (SSSR count). The number of hydrogen-bond donors (Lipinski definition) is 2. The Morgan fingerprint density at radius 3 is 2.62 bits per heavy atom. The monoisotopic (exact) mass is 328 g/mol. The molecule has 21 heavy (non-hydrogen) atoms. The SMILES string of the molecule is O=C(NCCSc1ccc(Cl)cc1)N1CCC(CO)CC1. The molecule has 116 valence electrons. The van der Waals surface area contributed by atoms with Crippen LogP contribution in [0.3, 0.4) is 0 Å². The van der Waals surface area contributed by atoms with Crippen LogP contribution in [0.1, 0.15) is 12.8 Å². The van der Waals surface area contributed by atoms with Gasteiger partial charge in [0.2, 0.25) is 0 Å². The molecule has 4 nitrogen and oxygen atoms in total. The van der Waals surface area contributed by atoms with E-state index >= 15 is 0 Å². The van der Waals surface area contributed by atoms with E-state index in [1.807, 2.05) is 29.2 Å². The Balaban J connectivity index is 1.62. The van der Waals surface area contributed by atoms with Crippen molar-refractivity contribution in [3.8, 4) is 0 Å². The number of benzene rings is 1. The van der Waals surface area contributed by atoms with Gasteiger partial charge in [0.05, 0.1) is 0 Å². The van der Waals surface area contributed by atoms with E-state index in [9.17, 15) is 4.79 Å². The summed E-state index contributed by atoms with van der Waals surface area (Å²) in [6.07, 6.45) is 1.78. The summed E-state index contributed by atoms with van der Waals surface area (Å²) in [4.78, 5) is 15.0. The van der Waals surface area contributed by atoms with Crippen LogP contribution in [0.4, 0.5) is 4.79 Å². The summed E-state index contributed by atoms with van der Waals surface area (Å²) in [5, 5.41) is 12.8. The van der Waals surface area contributed by atoms with Gasteiger partial charge in [-0.05, 0) is 43.0 Å². The van der Waals surface area contributed by atoms with E-state index in [2.05, 4.69) is 5.32 Å². The second-order valence-electron chi connectivity index (χ2n) is 5.15. The minimum atomic E-state index is 0.00287. The fourth-order valence-electron chi connectivity index (χ4n) is 2.29. The molecule has 0 spiro atoms. The average molecular weight is 329 g/mol. The number of aliphatic hydroxyl groups is 1. The summed E-state index contributed by atoms with van der Waals surface area (Å²) in [5.41, 5.74) is 0. The molecule has 0 unspecified atom stereocenters. The number of aliphatic hydroxyl groups excluding tert-OH is 1. The van der Waals surface area contributed by atoms with Crippen LogP contribution in [-0.2, 0) is 0 Å². The highest BCUT2D eigenvalue weighted by molar-refractivity contribution is 7.99. The number of hydrogen-bond acceptors (Lipinski definition) is 3. The number of carbonyl (C=O) groups is 1. The minimum Gasteiger partial charge on any atom is -0.396 e. The van der Waals surface area contributed by atoms with Gasteiger partial charge < -0.3 is 15.3 Å². The van der Waals surface area contributed by atoms with E-state index in [0.717, 1.165) is 41.6 Å². The largest absolute Gasteiger partial charge is 0.396 e. The maximum absolute atomic E-state index is 12.0. The number of nitrogens with one attached hydrogen (secondary N) is 1. The highest BCUT2D eigenvalue weighted by atomic mass is 35.5. The molecule has 0 saturated carbocycles. The molecular weight excluding hydrogens is 308 g/mol. The molecule has 0 aromatic heterocycles. The van der Waals surface area contributed by atoms with Crippen LogP contribution in [0.15, 0.2) is 29.2 Å². The molecule has 0 bridgehead atoms. The van der Waals surface area contributed by atoms with Gasteiger partial charge in [-0.2, -0.15) is 0 Å². The van der Waals surface area contributed by atoms with Crippen LogP contribution in [0.2, 0.25) is 5.02 Å². The van der Waals surface area contributed by atoms with E-state index in [4.69, 9.17) is 16.7 Å². The van der Waals surface area contributed by atoms with Crippen molar-refractivity contribution in [2.45, 2.75) is 17.7 Å². The van der Waals surface area contributed by atoms with Crippen LogP contribution in [-0.4, -0.2) is 48.0 Å². The summed E-state index contributed by atoms with van der Waals surface area (Å²) in [6.45, 7) is 2.35. The summed E-state index contributed by atoms with van der Waals surface area (Å²) >= 11 is 7.53. The van der Waals surface area contributed by atoms with Crippen molar-refractivity contribution in [3.63, 3.8) is 0 Å². The lowest BCUT2D eigenvalue weighted by molar-refractivity contribution is 0.137. The normalized spacial score (nSPS) is 16.0. The van der Waals surface area contributed by atoms with Gasteiger partial charge in [0.25, 0.3) is 0 Å². The van der Waals surface area contributed by atoms with Crippen LogP contribution in [0.5, 0.6) is 0 Å². The highest BCUT2D eigenvalue weighted by Crippen LogP contribution is 2.20. The summed E-state index contributed by atoms with van der Waals surface area (Å²) < 4.78 is 0. The fourth-order valence-corrected chi connectivity index (χ4v) is 3.18. The number of thioether (sulfide) groups is 1. The Kier molecular flexibility index (Phi) is 6.67. The predicted molar refractivity (Wildman–Crippen MR) is 87.0 cm³/mol. The van der Waals surface area contributed by atoms with Crippen molar-refractivity contribution in [1.82, 2.24) is 10.2 Å². The van der Waals surface area contributed by atoms with Gasteiger partial charge in [-0.1, -0.05) is 11.6 Å². The van der Waals surface area contributed by atoms with Gasteiger partial charge in [-0.15, -0.1) is 11.8 Å². The molecule has 1 heterocycles. The van der Waals surface area contributed by atoms with Gasteiger partial charge >= 0.3 is 6.03 Å². The van der Waals surface area contributed by atoms with Gasteiger partial charge in [-0.25, -0.2) is 4.79 Å². The minimum absolute atomic E-state index is 0.00287. The highest BCUT2D eigenvalue weighted by Gasteiger charge is 2.21. The van der Waals surface area contributed by atoms with Crippen molar-refractivity contribution in [3.05, 3.63) is 29.3 Å². The second kappa shape index (κ2) is 8.51. The molecular formula is C15H21ClN2O2S. The molecule has 0 radical (unpaired) electrons. The third-order valence-corrected chi connectivity index (χ3v) is 4.89. The van der Waals surface area contributed by atoms with Crippen molar-refractivity contribution in [1.29, 1.82) is 0 Å². The van der Waals surface area contributed by atoms with E-state index in [-0.39, 0.29) is 12.6 Å². The summed E-state index contributed by atoms with van der Waals surface area (Å²) in [5.74, 6) is 1.19. The number of amides is 2. The first-order chi connectivity index (χ1) is 10.2. The Labute approximate surface area is 134 Å². The molecule has 1 saturated heterocycles. The first-order valence-corrected chi connectivity index (χ1v) is 8.57. The predicted octanol–water partition coefficient (Wildman–Crippen LogP) is 2.85. The van der Waals surface area contributed by atoms with Crippen molar-refractivity contribution in [2.24, 2.45) is 5.92 Å². The van der Waals surface area contributed by atoms with Crippen molar-refractivity contribution in [2.75, 3.05) is 32.0 Å². The molecule has 1 fully saturated rings. The van der Waals surface area contributed by atoms with Crippen molar-refractivity contribution >= 4 is 29.4 Å². The molecule has 1 aliphatic heterocycles. The number of halogens is 1. The first kappa shape index (κ1) is 16.5. The molecule has 2 N–H and O–H groups in total. The number of nitrogens with zero attached hydrogens (tertiary/aromatic N) is 1. The zero-order valence-corrected chi connectivity index (χ0v) is 13.5. The third kappa shape index (κ3) is 5.41. The molecule has 0 atom stereocenters. The van der Waals surface area contributed by atoms with Crippen LogP contribution in [0, 0.1) is 5.92 Å². The molecule has 2 amide bonds. The molecule has 0 aliphatic carbocycles. The van der Waals surface area contributed by atoms with Gasteiger partial charge in [0.1, 0.15) is 0 Å². The lowest BCUT2D eigenvalue weighted by Gasteiger charge is -2.31. The maximum atomic E-state index is 12.0. The topological polar surface area (TPSA) is 52.6 Å². The number of likely N-dealkylation sites (tertiary alicyclic amines) is 1. The Morgan fingerprint density at radius 2 is 2.00 bits per heavy atom. The van der Waals surface area contributed by atoms with E-state index in [1.165, 1.54) is 0 Å².